The highest BCUT2D eigenvalue weighted by Gasteiger charge is 2.26. The van der Waals surface area contributed by atoms with Gasteiger partial charge in [-0.2, -0.15) is 0 Å². The molecule has 24 heavy (non-hydrogen) atoms. The van der Waals surface area contributed by atoms with Gasteiger partial charge in [-0.25, -0.2) is 9.97 Å². The first-order chi connectivity index (χ1) is 11.6. The number of ether oxygens (including phenoxy) is 1. The second kappa shape index (κ2) is 7.07. The van der Waals surface area contributed by atoms with Crippen molar-refractivity contribution in [2.24, 2.45) is 0 Å². The molecule has 9 heteroatoms. The number of carbonyl (C=O) groups excluding carboxylic acids is 1. The molecule has 0 atom stereocenters. The quantitative estimate of drug-likeness (QED) is 0.657. The van der Waals surface area contributed by atoms with Crippen molar-refractivity contribution in [3.8, 4) is 6.01 Å². The Hall–Kier alpha value is -2.97. The zero-order valence-electron chi connectivity index (χ0n) is 12.8. The average molecular weight is 332 g/mol. The molecule has 126 valence electrons. The van der Waals surface area contributed by atoms with Crippen molar-refractivity contribution >= 4 is 11.8 Å². The van der Waals surface area contributed by atoms with E-state index in [2.05, 4.69) is 15.3 Å². The molecular formula is C15H16N4O5. The summed E-state index contributed by atoms with van der Waals surface area (Å²) in [5, 5.41) is 13.4. The Labute approximate surface area is 137 Å². The van der Waals surface area contributed by atoms with E-state index in [1.54, 1.807) is 18.5 Å². The Kier molecular flexibility index (Phi) is 4.69. The summed E-state index contributed by atoms with van der Waals surface area (Å²) in [5.41, 5.74) is 0. The van der Waals surface area contributed by atoms with Crippen LogP contribution in [0.5, 0.6) is 6.01 Å². The van der Waals surface area contributed by atoms with Crippen LogP contribution in [0.15, 0.2) is 35.0 Å². The Balaban J connectivity index is 1.48. The number of nitrogens with zero attached hydrogens (tertiary/aromatic N) is 3. The molecule has 0 spiro atoms. The molecule has 3 rings (SSSR count). The lowest BCUT2D eigenvalue weighted by Gasteiger charge is -2.28. The molecule has 0 bridgehead atoms. The largest absolute Gasteiger partial charge is 0.460 e. The van der Waals surface area contributed by atoms with Gasteiger partial charge in [0.2, 0.25) is 0 Å². The van der Waals surface area contributed by atoms with Crippen LogP contribution in [0.1, 0.15) is 36.2 Å². The number of amides is 1. The van der Waals surface area contributed by atoms with Gasteiger partial charge in [-0.3, -0.25) is 14.9 Å². The van der Waals surface area contributed by atoms with E-state index in [-0.39, 0.29) is 17.9 Å². The lowest BCUT2D eigenvalue weighted by molar-refractivity contribution is -0.402. The summed E-state index contributed by atoms with van der Waals surface area (Å²) in [4.78, 5) is 30.0. The SMILES string of the molecule is O=C(NC1CCC(Oc2ncccn2)CC1)c1ccc([N+](=O)[O-])o1. The zero-order valence-corrected chi connectivity index (χ0v) is 12.8. The molecule has 9 nitrogen and oxygen atoms in total. The summed E-state index contributed by atoms with van der Waals surface area (Å²) in [7, 11) is 0. The predicted molar refractivity (Wildman–Crippen MR) is 81.5 cm³/mol. The molecule has 1 aliphatic rings. The van der Waals surface area contributed by atoms with Crippen LogP contribution >= 0.6 is 0 Å². The van der Waals surface area contributed by atoms with Crippen LogP contribution in [-0.2, 0) is 0 Å². The topological polar surface area (TPSA) is 120 Å². The molecule has 1 saturated carbocycles. The molecule has 1 aliphatic carbocycles. The van der Waals surface area contributed by atoms with Gasteiger partial charge in [0.25, 0.3) is 5.91 Å². The minimum atomic E-state index is -0.676. The van der Waals surface area contributed by atoms with E-state index in [9.17, 15) is 14.9 Å². The third kappa shape index (κ3) is 3.86. The number of nitro groups is 1. The van der Waals surface area contributed by atoms with Crippen LogP contribution in [0.4, 0.5) is 5.88 Å². The van der Waals surface area contributed by atoms with Crippen molar-refractivity contribution in [2.45, 2.75) is 37.8 Å². The summed E-state index contributed by atoms with van der Waals surface area (Å²) >= 11 is 0. The zero-order chi connectivity index (χ0) is 16.9. The fourth-order valence-corrected chi connectivity index (χ4v) is 2.62. The molecule has 0 saturated heterocycles. The predicted octanol–water partition coefficient (Wildman–Crippen LogP) is 2.10. The molecule has 0 aliphatic heterocycles. The van der Waals surface area contributed by atoms with Gasteiger partial charge in [0.05, 0.1) is 6.07 Å². The number of nitrogens with one attached hydrogen (secondary N) is 1. The third-order valence-corrected chi connectivity index (χ3v) is 3.82. The van der Waals surface area contributed by atoms with Crippen LogP contribution in [-0.4, -0.2) is 32.9 Å². The standard InChI is InChI=1S/C15H16N4O5/c20-14(12-6-7-13(24-12)19(21)22)18-10-2-4-11(5-3-10)23-15-16-8-1-9-17-15/h1,6-11H,2-5H2,(H,18,20). The number of rotatable bonds is 5. The lowest BCUT2D eigenvalue weighted by atomic mass is 9.93. The molecule has 2 heterocycles. The minimum Gasteiger partial charge on any atom is -0.460 e. The van der Waals surface area contributed by atoms with Crippen molar-refractivity contribution in [3.05, 3.63) is 46.5 Å². The summed E-state index contributed by atoms with van der Waals surface area (Å²) in [6.07, 6.45) is 6.28. The van der Waals surface area contributed by atoms with E-state index in [4.69, 9.17) is 9.15 Å². The fraction of sp³-hybridized carbons (Fsp3) is 0.400. The summed E-state index contributed by atoms with van der Waals surface area (Å²) in [6.45, 7) is 0. The lowest BCUT2D eigenvalue weighted by Crippen LogP contribution is -2.39. The average Bonchev–Trinajstić information content (AvgIpc) is 3.08. The molecule has 0 aromatic carbocycles. The second-order valence-corrected chi connectivity index (χ2v) is 5.49. The van der Waals surface area contributed by atoms with Gasteiger partial charge in [-0.1, -0.05) is 0 Å². The Bertz CT molecular complexity index is 710. The van der Waals surface area contributed by atoms with Crippen molar-refractivity contribution in [3.63, 3.8) is 0 Å². The number of hydrogen-bond donors (Lipinski definition) is 1. The van der Waals surface area contributed by atoms with E-state index in [1.807, 2.05) is 0 Å². The maximum atomic E-state index is 12.0. The molecule has 0 radical (unpaired) electrons. The fourth-order valence-electron chi connectivity index (χ4n) is 2.62. The van der Waals surface area contributed by atoms with E-state index in [0.717, 1.165) is 25.7 Å². The molecule has 2 aromatic heterocycles. The van der Waals surface area contributed by atoms with Gasteiger partial charge < -0.3 is 14.5 Å². The van der Waals surface area contributed by atoms with Gasteiger partial charge in [0.1, 0.15) is 11.0 Å². The Morgan fingerprint density at radius 2 is 1.96 bits per heavy atom. The highest BCUT2D eigenvalue weighted by Crippen LogP contribution is 2.23. The summed E-state index contributed by atoms with van der Waals surface area (Å²) in [6, 6.07) is 4.53. The highest BCUT2D eigenvalue weighted by molar-refractivity contribution is 5.91. The van der Waals surface area contributed by atoms with E-state index in [0.29, 0.717) is 6.01 Å². The van der Waals surface area contributed by atoms with Crippen molar-refractivity contribution in [1.29, 1.82) is 0 Å². The smallest absolute Gasteiger partial charge is 0.433 e. The molecule has 2 aromatic rings. The van der Waals surface area contributed by atoms with Gasteiger partial charge >= 0.3 is 11.9 Å². The summed E-state index contributed by atoms with van der Waals surface area (Å²) < 4.78 is 10.6. The second-order valence-electron chi connectivity index (χ2n) is 5.49. The normalized spacial score (nSPS) is 20.3. The molecule has 1 amide bonds. The van der Waals surface area contributed by atoms with Gasteiger partial charge in [-0.05, 0) is 37.8 Å². The van der Waals surface area contributed by atoms with Crippen LogP contribution in [0.25, 0.3) is 0 Å². The van der Waals surface area contributed by atoms with Gasteiger partial charge in [-0.15, -0.1) is 0 Å². The van der Waals surface area contributed by atoms with Crippen LogP contribution < -0.4 is 10.1 Å². The first kappa shape index (κ1) is 15.9. The monoisotopic (exact) mass is 332 g/mol. The Morgan fingerprint density at radius 3 is 2.58 bits per heavy atom. The maximum absolute atomic E-state index is 12.0. The van der Waals surface area contributed by atoms with Crippen molar-refractivity contribution in [2.75, 3.05) is 0 Å². The highest BCUT2D eigenvalue weighted by atomic mass is 16.6. The molecular weight excluding hydrogens is 316 g/mol. The molecule has 1 fully saturated rings. The minimum absolute atomic E-state index is 0.0156. The molecule has 0 unspecified atom stereocenters. The number of furan rings is 1. The Morgan fingerprint density at radius 1 is 1.25 bits per heavy atom. The first-order valence-corrected chi connectivity index (χ1v) is 7.60. The van der Waals surface area contributed by atoms with Crippen LogP contribution in [0.2, 0.25) is 0 Å². The first-order valence-electron chi connectivity index (χ1n) is 7.60. The van der Waals surface area contributed by atoms with E-state index in [1.165, 1.54) is 12.1 Å². The van der Waals surface area contributed by atoms with E-state index < -0.39 is 16.7 Å². The number of hydrogen-bond acceptors (Lipinski definition) is 7. The van der Waals surface area contributed by atoms with Crippen molar-refractivity contribution in [1.82, 2.24) is 15.3 Å². The number of aromatic nitrogens is 2. The van der Waals surface area contributed by atoms with Crippen LogP contribution in [0, 0.1) is 10.1 Å². The van der Waals surface area contributed by atoms with Crippen LogP contribution in [0.3, 0.4) is 0 Å². The van der Waals surface area contributed by atoms with Crippen molar-refractivity contribution < 1.29 is 18.9 Å². The maximum Gasteiger partial charge on any atom is 0.433 e. The number of carbonyl (C=O) groups is 1. The van der Waals surface area contributed by atoms with E-state index >= 15 is 0 Å². The van der Waals surface area contributed by atoms with Gasteiger partial charge in [0, 0.05) is 18.4 Å². The molecule has 1 N–H and O–H groups in total. The van der Waals surface area contributed by atoms with Gasteiger partial charge in [0.15, 0.2) is 5.76 Å². The summed E-state index contributed by atoms with van der Waals surface area (Å²) in [5.74, 6) is -0.947. The third-order valence-electron chi connectivity index (χ3n) is 3.82.